The lowest BCUT2D eigenvalue weighted by Crippen LogP contribution is -2.25. The van der Waals surface area contributed by atoms with Gasteiger partial charge < -0.3 is 4.74 Å². The number of nitrogens with zero attached hydrogens (tertiary/aromatic N) is 2. The summed E-state index contributed by atoms with van der Waals surface area (Å²) in [6, 6.07) is 9.30. The quantitative estimate of drug-likeness (QED) is 0.767. The fourth-order valence-corrected chi connectivity index (χ4v) is 2.50. The molecule has 2 aromatic rings. The van der Waals surface area contributed by atoms with E-state index in [0.29, 0.717) is 6.42 Å². The summed E-state index contributed by atoms with van der Waals surface area (Å²) in [5, 5.41) is 4.49. The van der Waals surface area contributed by atoms with Crippen molar-refractivity contribution in [3.05, 3.63) is 66.0 Å². The van der Waals surface area contributed by atoms with E-state index >= 15 is 0 Å². The summed E-state index contributed by atoms with van der Waals surface area (Å²) >= 11 is 0. The molecule has 1 aromatic carbocycles. The summed E-state index contributed by atoms with van der Waals surface area (Å²) in [5.41, 5.74) is 3.52. The summed E-state index contributed by atoms with van der Waals surface area (Å²) in [4.78, 5) is 12.2. The van der Waals surface area contributed by atoms with Crippen LogP contribution in [0.15, 0.2) is 43.5 Å². The van der Waals surface area contributed by atoms with Gasteiger partial charge in [0.2, 0.25) is 0 Å². The van der Waals surface area contributed by atoms with Crippen molar-refractivity contribution < 1.29 is 9.53 Å². The first-order chi connectivity index (χ1) is 10.6. The molecule has 0 aliphatic rings. The summed E-state index contributed by atoms with van der Waals surface area (Å²) in [6.07, 6.45) is 3.91. The van der Waals surface area contributed by atoms with E-state index in [1.54, 1.807) is 16.8 Å². The second kappa shape index (κ2) is 6.89. The fraction of sp³-hybridized carbons (Fsp3) is 0.222. The molecule has 0 amide bonds. The summed E-state index contributed by atoms with van der Waals surface area (Å²) < 4.78 is 6.66. The highest BCUT2D eigenvalue weighted by atomic mass is 16.5. The molecule has 0 spiro atoms. The molecule has 4 heteroatoms. The molecule has 1 atom stereocenters. The predicted molar refractivity (Wildman–Crippen MR) is 88.3 cm³/mol. The summed E-state index contributed by atoms with van der Waals surface area (Å²) in [5.74, 6) is -0.319. The van der Waals surface area contributed by atoms with Crippen LogP contribution in [0.5, 0.6) is 0 Å². The molecule has 1 unspecified atom stereocenters. The number of carbonyl (C=O) groups is 1. The standard InChI is InChI=1S/C18H20N2O2/c1-5-15-13(3)20(19-16(15)6-2)17(18(21)22-4)12-14-10-8-7-9-11-14/h5-11,17H,1-2,12H2,3-4H3. The lowest BCUT2D eigenvalue weighted by molar-refractivity contribution is -0.144. The van der Waals surface area contributed by atoms with Gasteiger partial charge in [-0.25, -0.2) is 4.79 Å². The van der Waals surface area contributed by atoms with E-state index in [-0.39, 0.29) is 5.97 Å². The minimum Gasteiger partial charge on any atom is -0.467 e. The van der Waals surface area contributed by atoms with Gasteiger partial charge in [0, 0.05) is 17.7 Å². The van der Waals surface area contributed by atoms with Crippen LogP contribution in [-0.4, -0.2) is 22.9 Å². The maximum atomic E-state index is 12.2. The first kappa shape index (κ1) is 15.8. The van der Waals surface area contributed by atoms with E-state index in [1.165, 1.54) is 7.11 Å². The molecule has 0 aliphatic carbocycles. The highest BCUT2D eigenvalue weighted by Gasteiger charge is 2.26. The lowest BCUT2D eigenvalue weighted by atomic mass is 10.1. The third-order valence-electron chi connectivity index (χ3n) is 3.66. The minimum absolute atomic E-state index is 0.319. The van der Waals surface area contributed by atoms with Crippen LogP contribution in [-0.2, 0) is 16.0 Å². The number of methoxy groups -OCH3 is 1. The van der Waals surface area contributed by atoms with Gasteiger partial charge in [-0.1, -0.05) is 49.6 Å². The topological polar surface area (TPSA) is 44.1 Å². The average Bonchev–Trinajstić information content (AvgIpc) is 2.88. The normalized spacial score (nSPS) is 11.7. The van der Waals surface area contributed by atoms with Gasteiger partial charge in [0.15, 0.2) is 6.04 Å². The molecule has 0 saturated carbocycles. The zero-order chi connectivity index (χ0) is 16.1. The van der Waals surface area contributed by atoms with E-state index in [4.69, 9.17) is 4.74 Å². The van der Waals surface area contributed by atoms with E-state index in [0.717, 1.165) is 22.5 Å². The smallest absolute Gasteiger partial charge is 0.331 e. The van der Waals surface area contributed by atoms with Crippen LogP contribution in [0.25, 0.3) is 12.2 Å². The van der Waals surface area contributed by atoms with Gasteiger partial charge in [-0.05, 0) is 18.6 Å². The zero-order valence-corrected chi connectivity index (χ0v) is 13.0. The largest absolute Gasteiger partial charge is 0.467 e. The van der Waals surface area contributed by atoms with Crippen LogP contribution in [0.1, 0.15) is 28.6 Å². The Balaban J connectivity index is 2.46. The second-order valence-corrected chi connectivity index (χ2v) is 4.97. The third-order valence-corrected chi connectivity index (χ3v) is 3.66. The molecule has 4 nitrogen and oxygen atoms in total. The van der Waals surface area contributed by atoms with Gasteiger partial charge in [-0.15, -0.1) is 0 Å². The number of esters is 1. The molecule has 0 fully saturated rings. The number of benzene rings is 1. The van der Waals surface area contributed by atoms with Crippen molar-refractivity contribution >= 4 is 18.1 Å². The Morgan fingerprint density at radius 2 is 2.00 bits per heavy atom. The SMILES string of the molecule is C=Cc1nn(C(Cc2ccccc2)C(=O)OC)c(C)c1C=C. The van der Waals surface area contributed by atoms with Gasteiger partial charge >= 0.3 is 5.97 Å². The van der Waals surface area contributed by atoms with E-state index in [9.17, 15) is 4.79 Å². The highest BCUT2D eigenvalue weighted by Crippen LogP contribution is 2.23. The van der Waals surface area contributed by atoms with Crippen LogP contribution in [0.4, 0.5) is 0 Å². The predicted octanol–water partition coefficient (Wildman–Crippen LogP) is 3.43. The minimum atomic E-state index is -0.514. The summed E-state index contributed by atoms with van der Waals surface area (Å²) in [7, 11) is 1.39. The molecule has 2 rings (SSSR count). The number of carbonyl (C=O) groups excluding carboxylic acids is 1. The van der Waals surface area contributed by atoms with E-state index in [2.05, 4.69) is 18.3 Å². The molecule has 22 heavy (non-hydrogen) atoms. The molecule has 0 aliphatic heterocycles. The number of hydrogen-bond donors (Lipinski definition) is 0. The number of ether oxygens (including phenoxy) is 1. The van der Waals surface area contributed by atoms with Crippen molar-refractivity contribution in [1.29, 1.82) is 0 Å². The molecule has 0 radical (unpaired) electrons. The van der Waals surface area contributed by atoms with Crippen LogP contribution >= 0.6 is 0 Å². The van der Waals surface area contributed by atoms with Crippen LogP contribution in [0.3, 0.4) is 0 Å². The van der Waals surface area contributed by atoms with Crippen LogP contribution in [0.2, 0.25) is 0 Å². The van der Waals surface area contributed by atoms with Gasteiger partial charge in [0.05, 0.1) is 12.8 Å². The third kappa shape index (κ3) is 3.01. The zero-order valence-electron chi connectivity index (χ0n) is 13.0. The Morgan fingerprint density at radius 3 is 2.50 bits per heavy atom. The Morgan fingerprint density at radius 1 is 1.32 bits per heavy atom. The van der Waals surface area contributed by atoms with Gasteiger partial charge in [0.1, 0.15) is 0 Å². The van der Waals surface area contributed by atoms with Crippen molar-refractivity contribution in [3.8, 4) is 0 Å². The van der Waals surface area contributed by atoms with Crippen molar-refractivity contribution in [3.63, 3.8) is 0 Å². The maximum absolute atomic E-state index is 12.2. The number of hydrogen-bond acceptors (Lipinski definition) is 3. The molecule has 0 N–H and O–H groups in total. The van der Waals surface area contributed by atoms with E-state index < -0.39 is 6.04 Å². The number of rotatable bonds is 6. The molecule has 0 bridgehead atoms. The Labute approximate surface area is 130 Å². The Bertz CT molecular complexity index is 687. The lowest BCUT2D eigenvalue weighted by Gasteiger charge is -2.17. The maximum Gasteiger partial charge on any atom is 0.331 e. The average molecular weight is 296 g/mol. The monoisotopic (exact) mass is 296 g/mol. The molecule has 1 heterocycles. The van der Waals surface area contributed by atoms with Gasteiger partial charge in [-0.2, -0.15) is 5.10 Å². The molecule has 114 valence electrons. The van der Waals surface area contributed by atoms with Gasteiger partial charge in [0.25, 0.3) is 0 Å². The molecular weight excluding hydrogens is 276 g/mol. The molecule has 0 saturated heterocycles. The fourth-order valence-electron chi connectivity index (χ4n) is 2.50. The Hall–Kier alpha value is -2.62. The second-order valence-electron chi connectivity index (χ2n) is 4.97. The van der Waals surface area contributed by atoms with Gasteiger partial charge in [-0.3, -0.25) is 4.68 Å². The van der Waals surface area contributed by atoms with Crippen molar-refractivity contribution in [2.45, 2.75) is 19.4 Å². The molecule has 1 aromatic heterocycles. The van der Waals surface area contributed by atoms with Crippen molar-refractivity contribution in [2.24, 2.45) is 0 Å². The first-order valence-corrected chi connectivity index (χ1v) is 7.08. The Kier molecular flexibility index (Phi) is 4.94. The van der Waals surface area contributed by atoms with Crippen LogP contribution < -0.4 is 0 Å². The highest BCUT2D eigenvalue weighted by molar-refractivity contribution is 5.75. The number of aromatic nitrogens is 2. The summed E-state index contributed by atoms with van der Waals surface area (Å²) in [6.45, 7) is 9.48. The van der Waals surface area contributed by atoms with Crippen molar-refractivity contribution in [1.82, 2.24) is 9.78 Å². The first-order valence-electron chi connectivity index (χ1n) is 7.08. The van der Waals surface area contributed by atoms with Crippen LogP contribution in [0, 0.1) is 6.92 Å². The molecular formula is C18H20N2O2. The van der Waals surface area contributed by atoms with Crippen molar-refractivity contribution in [2.75, 3.05) is 7.11 Å². The van der Waals surface area contributed by atoms with E-state index in [1.807, 2.05) is 37.3 Å².